The van der Waals surface area contributed by atoms with E-state index in [1.807, 2.05) is 10.7 Å². The van der Waals surface area contributed by atoms with Crippen molar-refractivity contribution >= 4 is 45.0 Å². The minimum Gasteiger partial charge on any atom is -0.346 e. The molecule has 1 N–H and O–H groups in total. The van der Waals surface area contributed by atoms with Gasteiger partial charge in [-0.1, -0.05) is 12.1 Å². The van der Waals surface area contributed by atoms with Crippen molar-refractivity contribution < 1.29 is 23.2 Å². The van der Waals surface area contributed by atoms with Crippen LogP contribution in [0.3, 0.4) is 0 Å². The van der Waals surface area contributed by atoms with Crippen molar-refractivity contribution in [3.8, 4) is 11.3 Å². The largest absolute Gasteiger partial charge is 0.346 e. The molecule has 7 nitrogen and oxygen atoms in total. The van der Waals surface area contributed by atoms with Crippen LogP contribution in [0.4, 0.5) is 8.78 Å². The summed E-state index contributed by atoms with van der Waals surface area (Å²) in [6.45, 7) is 0.621. The lowest BCUT2D eigenvalue weighted by atomic mass is 10.0. The summed E-state index contributed by atoms with van der Waals surface area (Å²) in [4.78, 5) is 42.1. The maximum atomic E-state index is 14.0. The Balaban J connectivity index is 1.29. The number of aromatic nitrogens is 2. The number of halogens is 3. The summed E-state index contributed by atoms with van der Waals surface area (Å²) >= 11 is 4.93. The van der Waals surface area contributed by atoms with Gasteiger partial charge in [0, 0.05) is 29.6 Å². The van der Waals surface area contributed by atoms with Crippen LogP contribution in [0, 0.1) is 11.6 Å². The number of amides is 3. The van der Waals surface area contributed by atoms with Crippen LogP contribution in [0.1, 0.15) is 47.2 Å². The second-order valence-electron chi connectivity index (χ2n) is 9.53. The van der Waals surface area contributed by atoms with Crippen LogP contribution in [0.5, 0.6) is 0 Å². The summed E-state index contributed by atoms with van der Waals surface area (Å²) in [5.74, 6) is -2.84. The van der Waals surface area contributed by atoms with Crippen molar-refractivity contribution in [3.05, 3.63) is 97.3 Å². The molecule has 4 heterocycles. The first-order chi connectivity index (χ1) is 18.8. The number of hydrogen-bond acceptors (Lipinski definition) is 5. The number of imide groups is 1. The monoisotopic (exact) mass is 610 g/mol. The van der Waals surface area contributed by atoms with E-state index in [0.29, 0.717) is 10.4 Å². The summed E-state index contributed by atoms with van der Waals surface area (Å²) in [5.41, 5.74) is 2.71. The molecule has 0 spiro atoms. The quantitative estimate of drug-likeness (QED) is 0.303. The highest BCUT2D eigenvalue weighted by atomic mass is 79.9. The van der Waals surface area contributed by atoms with Crippen LogP contribution in [-0.2, 0) is 19.4 Å². The molecule has 3 amide bonds. The van der Waals surface area contributed by atoms with E-state index in [9.17, 15) is 23.2 Å². The number of carbonyl (C=O) groups is 3. The van der Waals surface area contributed by atoms with Crippen molar-refractivity contribution in [2.45, 2.75) is 31.8 Å². The molecule has 2 aliphatic heterocycles. The standard InChI is InChI=1S/C28H21BrF2N4O3S/c29-22-13-32-35-7-3-6-23-21(25(22)35)12-24(39-23)26(36)33-18(10-15-8-16(30)11-17(31)9-15)14-34-27(37)19-4-1-2-5-20(19)28(34)38/h1-2,4-5,8-9,11-13,18H,3,6-7,10,14H2,(H,33,36). The average Bonchev–Trinajstić information content (AvgIpc) is 3.51. The molecule has 11 heteroatoms. The zero-order chi connectivity index (χ0) is 27.3. The first-order valence-electron chi connectivity index (χ1n) is 12.3. The number of carbonyl (C=O) groups excluding carboxylic acids is 3. The van der Waals surface area contributed by atoms with E-state index in [4.69, 9.17) is 0 Å². The number of thiophene rings is 1. The number of aryl methyl sites for hydroxylation is 2. The Hall–Kier alpha value is -3.70. The third-order valence-corrected chi connectivity index (χ3v) is 8.65. The first kappa shape index (κ1) is 25.6. The van der Waals surface area contributed by atoms with Crippen LogP contribution < -0.4 is 5.32 Å². The molecule has 0 saturated heterocycles. The summed E-state index contributed by atoms with van der Waals surface area (Å²) < 4.78 is 30.7. The fourth-order valence-corrected chi connectivity index (χ4v) is 6.79. The fraction of sp³-hybridized carbons (Fsp3) is 0.214. The molecule has 1 atom stereocenters. The highest BCUT2D eigenvalue weighted by Crippen LogP contribution is 2.38. The third kappa shape index (κ3) is 4.80. The van der Waals surface area contributed by atoms with Gasteiger partial charge in [-0.15, -0.1) is 11.3 Å². The summed E-state index contributed by atoms with van der Waals surface area (Å²) in [5, 5.41) is 7.33. The fourth-order valence-electron chi connectivity index (χ4n) is 5.17. The van der Waals surface area contributed by atoms with Crippen LogP contribution in [-0.4, -0.2) is 45.0 Å². The van der Waals surface area contributed by atoms with Gasteiger partial charge in [0.2, 0.25) is 0 Å². The predicted octanol–water partition coefficient (Wildman–Crippen LogP) is 5.24. The Kier molecular flexibility index (Phi) is 6.64. The van der Waals surface area contributed by atoms with Crippen LogP contribution in [0.15, 0.2) is 59.2 Å². The molecule has 6 rings (SSSR count). The number of rotatable bonds is 6. The molecule has 4 aromatic rings. The lowest BCUT2D eigenvalue weighted by Gasteiger charge is -2.24. The molecule has 198 valence electrons. The molecule has 0 radical (unpaired) electrons. The molecule has 39 heavy (non-hydrogen) atoms. The van der Waals surface area contributed by atoms with Crippen molar-refractivity contribution in [3.63, 3.8) is 0 Å². The Labute approximate surface area is 234 Å². The zero-order valence-electron chi connectivity index (χ0n) is 20.4. The highest BCUT2D eigenvalue weighted by Gasteiger charge is 2.37. The van der Waals surface area contributed by atoms with Gasteiger partial charge in [-0.2, -0.15) is 5.10 Å². The van der Waals surface area contributed by atoms with E-state index >= 15 is 0 Å². The molecular weight excluding hydrogens is 590 g/mol. The van der Waals surface area contributed by atoms with Crippen molar-refractivity contribution in [2.24, 2.45) is 0 Å². The lowest BCUT2D eigenvalue weighted by molar-refractivity contribution is 0.0629. The number of nitrogens with one attached hydrogen (secondary N) is 1. The molecule has 2 aliphatic rings. The molecule has 2 aromatic carbocycles. The summed E-state index contributed by atoms with van der Waals surface area (Å²) in [7, 11) is 0. The molecule has 1 unspecified atom stereocenters. The maximum Gasteiger partial charge on any atom is 0.261 e. The Morgan fingerprint density at radius 3 is 2.44 bits per heavy atom. The number of nitrogens with zero attached hydrogens (tertiary/aromatic N) is 3. The number of benzene rings is 2. The van der Waals surface area contributed by atoms with E-state index < -0.39 is 35.4 Å². The minimum absolute atomic E-state index is 0.0111. The Morgan fingerprint density at radius 2 is 1.74 bits per heavy atom. The van der Waals surface area contributed by atoms with Gasteiger partial charge in [0.25, 0.3) is 17.7 Å². The normalized spacial score (nSPS) is 15.0. The van der Waals surface area contributed by atoms with E-state index in [-0.39, 0.29) is 24.1 Å². The van der Waals surface area contributed by atoms with Gasteiger partial charge in [0.1, 0.15) is 11.6 Å². The number of hydrogen-bond donors (Lipinski definition) is 1. The topological polar surface area (TPSA) is 84.3 Å². The smallest absolute Gasteiger partial charge is 0.261 e. The lowest BCUT2D eigenvalue weighted by Crippen LogP contribution is -2.46. The van der Waals surface area contributed by atoms with Gasteiger partial charge in [0.15, 0.2) is 0 Å². The maximum absolute atomic E-state index is 14.0. The van der Waals surface area contributed by atoms with Crippen LogP contribution in [0.2, 0.25) is 0 Å². The second-order valence-corrected chi connectivity index (χ2v) is 11.5. The van der Waals surface area contributed by atoms with Gasteiger partial charge in [-0.25, -0.2) is 8.78 Å². The summed E-state index contributed by atoms with van der Waals surface area (Å²) in [6.07, 6.45) is 3.42. The van der Waals surface area contributed by atoms with Gasteiger partial charge < -0.3 is 5.32 Å². The number of fused-ring (bicyclic) bond motifs is 4. The van der Waals surface area contributed by atoms with E-state index in [1.165, 1.54) is 23.5 Å². The SMILES string of the molecule is O=C(NC(Cc1cc(F)cc(F)c1)CN1C(=O)c2ccccc2C1=O)c1cc2c(s1)CCCn1ncc(Br)c1-2. The Morgan fingerprint density at radius 1 is 1.05 bits per heavy atom. The molecule has 0 saturated carbocycles. The zero-order valence-corrected chi connectivity index (χ0v) is 22.8. The van der Waals surface area contributed by atoms with E-state index in [2.05, 4.69) is 26.3 Å². The molecule has 0 fully saturated rings. The van der Waals surface area contributed by atoms with E-state index in [1.54, 1.807) is 30.5 Å². The molecular formula is C28H21BrF2N4O3S. The van der Waals surface area contributed by atoms with Crippen LogP contribution in [0.25, 0.3) is 11.3 Å². The highest BCUT2D eigenvalue weighted by molar-refractivity contribution is 9.10. The van der Waals surface area contributed by atoms with Gasteiger partial charge >= 0.3 is 0 Å². The molecule has 0 aliphatic carbocycles. The summed E-state index contributed by atoms with van der Waals surface area (Å²) in [6, 6.07) is 10.6. The van der Waals surface area contributed by atoms with Gasteiger partial charge in [0.05, 0.1) is 38.4 Å². The van der Waals surface area contributed by atoms with Gasteiger partial charge in [-0.3, -0.25) is 24.0 Å². The van der Waals surface area contributed by atoms with Crippen molar-refractivity contribution in [1.29, 1.82) is 0 Å². The van der Waals surface area contributed by atoms with Crippen LogP contribution >= 0.6 is 27.3 Å². The molecule has 0 bridgehead atoms. The van der Waals surface area contributed by atoms with Crippen molar-refractivity contribution in [1.82, 2.24) is 20.0 Å². The minimum atomic E-state index is -0.792. The average molecular weight is 611 g/mol. The van der Waals surface area contributed by atoms with E-state index in [0.717, 1.165) is 51.0 Å². The predicted molar refractivity (Wildman–Crippen MR) is 145 cm³/mol. The third-order valence-electron chi connectivity index (χ3n) is 6.88. The van der Waals surface area contributed by atoms with Gasteiger partial charge in [-0.05, 0) is 71.1 Å². The first-order valence-corrected chi connectivity index (χ1v) is 13.9. The van der Waals surface area contributed by atoms with Crippen molar-refractivity contribution in [2.75, 3.05) is 6.54 Å². The Bertz CT molecular complexity index is 1590. The second kappa shape index (κ2) is 10.1. The molecule has 2 aromatic heterocycles.